The summed E-state index contributed by atoms with van der Waals surface area (Å²) in [5.41, 5.74) is 0.815. The van der Waals surface area contributed by atoms with E-state index in [1.807, 2.05) is 0 Å². The van der Waals surface area contributed by atoms with E-state index in [0.717, 1.165) is 5.70 Å². The summed E-state index contributed by atoms with van der Waals surface area (Å²) in [6.07, 6.45) is 0.638. The van der Waals surface area contributed by atoms with Crippen molar-refractivity contribution >= 4 is 9.84 Å². The standard InChI is InChI=1S/C5H9NO2S/c1-6-5-2-3-9(7,8)4-5/h4,6H,2-3H2,1H3. The molecule has 3 nitrogen and oxygen atoms in total. The van der Waals surface area contributed by atoms with Gasteiger partial charge >= 0.3 is 0 Å². The highest BCUT2D eigenvalue weighted by atomic mass is 32.2. The van der Waals surface area contributed by atoms with Crippen LogP contribution in [0.4, 0.5) is 0 Å². The van der Waals surface area contributed by atoms with Crippen molar-refractivity contribution in [3.8, 4) is 0 Å². The number of rotatable bonds is 1. The molecule has 0 aromatic carbocycles. The molecule has 0 bridgehead atoms. The van der Waals surface area contributed by atoms with Crippen LogP contribution < -0.4 is 5.32 Å². The summed E-state index contributed by atoms with van der Waals surface area (Å²) in [6.45, 7) is 0. The Morgan fingerprint density at radius 1 is 1.67 bits per heavy atom. The summed E-state index contributed by atoms with van der Waals surface area (Å²) < 4.78 is 21.4. The number of allylic oxidation sites excluding steroid dienone is 1. The van der Waals surface area contributed by atoms with Gasteiger partial charge in [0.05, 0.1) is 5.75 Å². The molecule has 0 fully saturated rings. The fraction of sp³-hybridized carbons (Fsp3) is 0.600. The Balaban J connectivity index is 2.85. The molecule has 0 aliphatic carbocycles. The summed E-state index contributed by atoms with van der Waals surface area (Å²) in [7, 11) is -1.10. The fourth-order valence-electron chi connectivity index (χ4n) is 0.771. The normalized spacial score (nSPS) is 23.4. The van der Waals surface area contributed by atoms with Gasteiger partial charge in [-0.15, -0.1) is 0 Å². The van der Waals surface area contributed by atoms with E-state index >= 15 is 0 Å². The molecule has 0 atom stereocenters. The molecule has 1 aliphatic rings. The molecule has 1 N–H and O–H groups in total. The Hall–Kier alpha value is -0.510. The van der Waals surface area contributed by atoms with E-state index in [1.165, 1.54) is 5.41 Å². The summed E-state index contributed by atoms with van der Waals surface area (Å²) in [5, 5.41) is 4.10. The molecule has 4 heteroatoms. The second-order valence-electron chi connectivity index (χ2n) is 2.01. The van der Waals surface area contributed by atoms with Gasteiger partial charge in [-0.25, -0.2) is 8.42 Å². The maximum absolute atomic E-state index is 10.7. The van der Waals surface area contributed by atoms with Crippen LogP contribution in [0.5, 0.6) is 0 Å². The van der Waals surface area contributed by atoms with Crippen molar-refractivity contribution in [2.75, 3.05) is 12.8 Å². The molecule has 0 aromatic rings. The zero-order chi connectivity index (χ0) is 6.91. The molecule has 52 valence electrons. The van der Waals surface area contributed by atoms with E-state index < -0.39 is 9.84 Å². The number of hydrogen-bond acceptors (Lipinski definition) is 3. The Labute approximate surface area is 54.7 Å². The minimum atomic E-state index is -2.83. The molecule has 9 heavy (non-hydrogen) atoms. The van der Waals surface area contributed by atoms with Crippen LogP contribution in [0.1, 0.15) is 6.42 Å². The minimum absolute atomic E-state index is 0.267. The Bertz CT molecular complexity index is 227. The average molecular weight is 147 g/mol. The Kier molecular flexibility index (Phi) is 1.48. The molecule has 1 aliphatic heterocycles. The van der Waals surface area contributed by atoms with Crippen LogP contribution in [-0.4, -0.2) is 21.2 Å². The lowest BCUT2D eigenvalue weighted by atomic mass is 10.4. The first-order chi connectivity index (χ1) is 4.14. The zero-order valence-electron chi connectivity index (χ0n) is 5.22. The van der Waals surface area contributed by atoms with E-state index in [9.17, 15) is 8.42 Å². The van der Waals surface area contributed by atoms with Crippen molar-refractivity contribution in [1.29, 1.82) is 0 Å². The number of hydrogen-bond donors (Lipinski definition) is 1. The maximum Gasteiger partial charge on any atom is 0.173 e. The summed E-state index contributed by atoms with van der Waals surface area (Å²) in [5.74, 6) is 0.267. The van der Waals surface area contributed by atoms with Crippen molar-refractivity contribution in [3.63, 3.8) is 0 Å². The Morgan fingerprint density at radius 3 is 2.56 bits per heavy atom. The third-order valence-corrected chi connectivity index (χ3v) is 2.72. The molecular weight excluding hydrogens is 138 g/mol. The predicted molar refractivity (Wildman–Crippen MR) is 35.5 cm³/mol. The lowest BCUT2D eigenvalue weighted by Crippen LogP contribution is -2.02. The van der Waals surface area contributed by atoms with Crippen molar-refractivity contribution in [2.24, 2.45) is 0 Å². The second kappa shape index (κ2) is 2.02. The third kappa shape index (κ3) is 1.45. The van der Waals surface area contributed by atoms with Crippen LogP contribution in [0.2, 0.25) is 0 Å². The Morgan fingerprint density at radius 2 is 2.33 bits per heavy atom. The number of nitrogens with one attached hydrogen (secondary N) is 1. The van der Waals surface area contributed by atoms with Gasteiger partial charge in [-0.1, -0.05) is 0 Å². The number of sulfone groups is 1. The topological polar surface area (TPSA) is 46.2 Å². The quantitative estimate of drug-likeness (QED) is 0.561. The van der Waals surface area contributed by atoms with E-state index in [2.05, 4.69) is 5.32 Å². The van der Waals surface area contributed by atoms with Gasteiger partial charge in [0, 0.05) is 24.6 Å². The highest BCUT2D eigenvalue weighted by molar-refractivity contribution is 7.94. The molecule has 0 saturated heterocycles. The first-order valence-electron chi connectivity index (χ1n) is 2.75. The summed E-state index contributed by atoms with van der Waals surface area (Å²) >= 11 is 0. The molecule has 0 radical (unpaired) electrons. The molecular formula is C5H9NO2S. The van der Waals surface area contributed by atoms with Gasteiger partial charge in [-0.2, -0.15) is 0 Å². The van der Waals surface area contributed by atoms with E-state index in [-0.39, 0.29) is 5.75 Å². The first-order valence-corrected chi connectivity index (χ1v) is 4.47. The molecule has 0 unspecified atom stereocenters. The highest BCUT2D eigenvalue weighted by Crippen LogP contribution is 2.12. The van der Waals surface area contributed by atoms with Crippen LogP contribution in [0.3, 0.4) is 0 Å². The van der Waals surface area contributed by atoms with Gasteiger partial charge in [0.1, 0.15) is 0 Å². The molecule has 0 spiro atoms. The van der Waals surface area contributed by atoms with Gasteiger partial charge in [0.15, 0.2) is 9.84 Å². The van der Waals surface area contributed by atoms with E-state index in [1.54, 1.807) is 7.05 Å². The molecule has 1 rings (SSSR count). The lowest BCUT2D eigenvalue weighted by Gasteiger charge is -1.92. The molecule has 0 aromatic heterocycles. The molecule has 1 heterocycles. The summed E-state index contributed by atoms with van der Waals surface area (Å²) in [4.78, 5) is 0. The smallest absolute Gasteiger partial charge is 0.173 e. The SMILES string of the molecule is CNC1=CS(=O)(=O)CC1. The van der Waals surface area contributed by atoms with Crippen LogP contribution in [0.15, 0.2) is 11.1 Å². The zero-order valence-corrected chi connectivity index (χ0v) is 6.03. The van der Waals surface area contributed by atoms with Gasteiger partial charge in [0.25, 0.3) is 0 Å². The minimum Gasteiger partial charge on any atom is -0.391 e. The van der Waals surface area contributed by atoms with Crippen LogP contribution in [-0.2, 0) is 9.84 Å². The predicted octanol–water partition coefficient (Wildman–Crippen LogP) is -0.134. The van der Waals surface area contributed by atoms with E-state index in [0.29, 0.717) is 6.42 Å². The fourth-order valence-corrected chi connectivity index (χ4v) is 2.06. The maximum atomic E-state index is 10.7. The van der Waals surface area contributed by atoms with Gasteiger partial charge in [-0.3, -0.25) is 0 Å². The summed E-state index contributed by atoms with van der Waals surface area (Å²) in [6, 6.07) is 0. The monoisotopic (exact) mass is 147 g/mol. The lowest BCUT2D eigenvalue weighted by molar-refractivity contribution is 0.606. The van der Waals surface area contributed by atoms with Gasteiger partial charge in [0.2, 0.25) is 0 Å². The average Bonchev–Trinajstić information content (AvgIpc) is 2.10. The van der Waals surface area contributed by atoms with Crippen molar-refractivity contribution in [1.82, 2.24) is 5.32 Å². The highest BCUT2D eigenvalue weighted by Gasteiger charge is 2.16. The van der Waals surface area contributed by atoms with Crippen molar-refractivity contribution in [3.05, 3.63) is 11.1 Å². The van der Waals surface area contributed by atoms with E-state index in [4.69, 9.17) is 0 Å². The third-order valence-electron chi connectivity index (χ3n) is 1.30. The van der Waals surface area contributed by atoms with Gasteiger partial charge < -0.3 is 5.32 Å². The second-order valence-corrected chi connectivity index (χ2v) is 3.98. The van der Waals surface area contributed by atoms with Crippen molar-refractivity contribution < 1.29 is 8.42 Å². The van der Waals surface area contributed by atoms with Crippen LogP contribution in [0, 0.1) is 0 Å². The first kappa shape index (κ1) is 6.61. The largest absolute Gasteiger partial charge is 0.391 e. The van der Waals surface area contributed by atoms with Gasteiger partial charge in [-0.05, 0) is 0 Å². The van der Waals surface area contributed by atoms with Crippen molar-refractivity contribution in [2.45, 2.75) is 6.42 Å². The molecule has 0 saturated carbocycles. The molecule has 0 amide bonds. The van der Waals surface area contributed by atoms with Crippen LogP contribution in [0.25, 0.3) is 0 Å². The van der Waals surface area contributed by atoms with Crippen LogP contribution >= 0.6 is 0 Å².